The van der Waals surface area contributed by atoms with Crippen LogP contribution in [0.2, 0.25) is 0 Å². The minimum Gasteiger partial charge on any atom is -0.457 e. The minimum absolute atomic E-state index is 0.140. The number of rotatable bonds is 5. The van der Waals surface area contributed by atoms with Crippen molar-refractivity contribution in [3.05, 3.63) is 72.8 Å². The van der Waals surface area contributed by atoms with Gasteiger partial charge in [0.2, 0.25) is 0 Å². The fourth-order valence-electron chi connectivity index (χ4n) is 1.59. The van der Waals surface area contributed by atoms with E-state index < -0.39 is 0 Å². The summed E-state index contributed by atoms with van der Waals surface area (Å²) in [6.45, 7) is 4.01. The molecule has 1 N–H and O–H groups in total. The van der Waals surface area contributed by atoms with Gasteiger partial charge in [0.25, 0.3) is 5.91 Å². The molecule has 19 heavy (non-hydrogen) atoms. The summed E-state index contributed by atoms with van der Waals surface area (Å²) in [6.07, 6.45) is 1.64. The van der Waals surface area contributed by atoms with Crippen molar-refractivity contribution >= 4 is 5.91 Å². The highest BCUT2D eigenvalue weighted by molar-refractivity contribution is 5.94. The molecule has 0 heterocycles. The smallest absolute Gasteiger partial charge is 0.251 e. The first-order valence-electron chi connectivity index (χ1n) is 6.01. The van der Waals surface area contributed by atoms with Gasteiger partial charge in [0, 0.05) is 12.1 Å². The summed E-state index contributed by atoms with van der Waals surface area (Å²) < 4.78 is 5.67. The van der Waals surface area contributed by atoms with Gasteiger partial charge in [-0.15, -0.1) is 6.58 Å². The number of amides is 1. The van der Waals surface area contributed by atoms with Gasteiger partial charge in [0.15, 0.2) is 0 Å². The summed E-state index contributed by atoms with van der Waals surface area (Å²) in [7, 11) is 0. The molecular formula is C16H15NO2. The summed E-state index contributed by atoms with van der Waals surface area (Å²) >= 11 is 0. The number of benzene rings is 2. The zero-order chi connectivity index (χ0) is 13.5. The quantitative estimate of drug-likeness (QED) is 0.829. The van der Waals surface area contributed by atoms with Crippen LogP contribution < -0.4 is 10.1 Å². The van der Waals surface area contributed by atoms with Crippen molar-refractivity contribution < 1.29 is 9.53 Å². The van der Waals surface area contributed by atoms with Crippen molar-refractivity contribution in [3.8, 4) is 11.5 Å². The fraction of sp³-hybridized carbons (Fsp3) is 0.0625. The molecule has 0 bridgehead atoms. The highest BCUT2D eigenvalue weighted by Gasteiger charge is 2.05. The number of ether oxygens (including phenoxy) is 1. The van der Waals surface area contributed by atoms with Crippen LogP contribution in [0.25, 0.3) is 0 Å². The largest absolute Gasteiger partial charge is 0.457 e. The second kappa shape index (κ2) is 6.40. The van der Waals surface area contributed by atoms with Crippen molar-refractivity contribution in [3.63, 3.8) is 0 Å². The minimum atomic E-state index is -0.140. The van der Waals surface area contributed by atoms with Crippen LogP contribution in [0.1, 0.15) is 10.4 Å². The van der Waals surface area contributed by atoms with Crippen molar-refractivity contribution in [1.29, 1.82) is 0 Å². The molecule has 1 amide bonds. The predicted octanol–water partition coefficient (Wildman–Crippen LogP) is 3.39. The molecule has 0 aliphatic rings. The van der Waals surface area contributed by atoms with Gasteiger partial charge in [-0.1, -0.05) is 30.3 Å². The van der Waals surface area contributed by atoms with Gasteiger partial charge in [-0.3, -0.25) is 4.79 Å². The lowest BCUT2D eigenvalue weighted by atomic mass is 10.2. The van der Waals surface area contributed by atoms with Crippen LogP contribution >= 0.6 is 0 Å². The Morgan fingerprint density at radius 1 is 1.11 bits per heavy atom. The third-order valence-corrected chi connectivity index (χ3v) is 2.48. The molecule has 3 heteroatoms. The van der Waals surface area contributed by atoms with Gasteiger partial charge in [0.1, 0.15) is 11.5 Å². The lowest BCUT2D eigenvalue weighted by Gasteiger charge is -2.07. The standard InChI is InChI=1S/C16H15NO2/c1-2-11-17-16(18)13-7-6-10-15(12-13)19-14-8-4-3-5-9-14/h2-10,12H,1,11H2,(H,17,18). The lowest BCUT2D eigenvalue weighted by molar-refractivity contribution is 0.0957. The second-order valence-electron chi connectivity index (χ2n) is 3.94. The molecule has 0 saturated heterocycles. The Balaban J connectivity index is 2.11. The van der Waals surface area contributed by atoms with Crippen molar-refractivity contribution in [2.45, 2.75) is 0 Å². The Morgan fingerprint density at radius 2 is 1.84 bits per heavy atom. The van der Waals surface area contributed by atoms with Crippen LogP contribution in [0.5, 0.6) is 11.5 Å². The van der Waals surface area contributed by atoms with Crippen LogP contribution in [0, 0.1) is 0 Å². The molecule has 0 aromatic heterocycles. The summed E-state index contributed by atoms with van der Waals surface area (Å²) in [6, 6.07) is 16.5. The van der Waals surface area contributed by atoms with Crippen molar-refractivity contribution in [1.82, 2.24) is 5.32 Å². The molecule has 96 valence electrons. The lowest BCUT2D eigenvalue weighted by Crippen LogP contribution is -2.23. The Labute approximate surface area is 112 Å². The average molecular weight is 253 g/mol. The van der Waals surface area contributed by atoms with E-state index in [0.29, 0.717) is 17.9 Å². The highest BCUT2D eigenvalue weighted by Crippen LogP contribution is 2.21. The van der Waals surface area contributed by atoms with Gasteiger partial charge >= 0.3 is 0 Å². The van der Waals surface area contributed by atoms with Crippen molar-refractivity contribution in [2.75, 3.05) is 6.54 Å². The number of carbonyl (C=O) groups is 1. The van der Waals surface area contributed by atoms with E-state index in [4.69, 9.17) is 4.74 Å². The summed E-state index contributed by atoms with van der Waals surface area (Å²) in [4.78, 5) is 11.8. The van der Waals surface area contributed by atoms with Crippen LogP contribution in [-0.2, 0) is 0 Å². The van der Waals surface area contributed by atoms with Crippen molar-refractivity contribution in [2.24, 2.45) is 0 Å². The van der Waals surface area contributed by atoms with Gasteiger partial charge in [-0.2, -0.15) is 0 Å². The van der Waals surface area contributed by atoms with Gasteiger partial charge in [0.05, 0.1) is 0 Å². The Bertz CT molecular complexity index is 564. The number of hydrogen-bond donors (Lipinski definition) is 1. The maximum atomic E-state index is 11.8. The summed E-state index contributed by atoms with van der Waals surface area (Å²) in [5.41, 5.74) is 0.565. The zero-order valence-electron chi connectivity index (χ0n) is 10.5. The third kappa shape index (κ3) is 3.71. The molecule has 0 spiro atoms. The number of hydrogen-bond acceptors (Lipinski definition) is 2. The predicted molar refractivity (Wildman–Crippen MR) is 75.5 cm³/mol. The van der Waals surface area contributed by atoms with E-state index in [1.807, 2.05) is 36.4 Å². The van der Waals surface area contributed by atoms with E-state index in [-0.39, 0.29) is 5.91 Å². The third-order valence-electron chi connectivity index (χ3n) is 2.48. The molecule has 0 aliphatic carbocycles. The Hall–Kier alpha value is -2.55. The van der Waals surface area contributed by atoms with Crippen LogP contribution in [0.15, 0.2) is 67.3 Å². The van der Waals surface area contributed by atoms with E-state index in [1.54, 1.807) is 24.3 Å². The van der Waals surface area contributed by atoms with Crippen LogP contribution in [0.4, 0.5) is 0 Å². The normalized spacial score (nSPS) is 9.68. The van der Waals surface area contributed by atoms with E-state index >= 15 is 0 Å². The maximum absolute atomic E-state index is 11.8. The zero-order valence-corrected chi connectivity index (χ0v) is 10.5. The molecule has 0 radical (unpaired) electrons. The van der Waals surface area contributed by atoms with E-state index in [1.165, 1.54) is 0 Å². The molecule has 3 nitrogen and oxygen atoms in total. The first kappa shape index (κ1) is 12.9. The summed E-state index contributed by atoms with van der Waals surface area (Å²) in [5.74, 6) is 1.24. The first-order valence-corrected chi connectivity index (χ1v) is 6.01. The Morgan fingerprint density at radius 3 is 2.58 bits per heavy atom. The fourth-order valence-corrected chi connectivity index (χ4v) is 1.59. The second-order valence-corrected chi connectivity index (χ2v) is 3.94. The highest BCUT2D eigenvalue weighted by atomic mass is 16.5. The van der Waals surface area contributed by atoms with E-state index in [9.17, 15) is 4.79 Å². The van der Waals surface area contributed by atoms with E-state index in [2.05, 4.69) is 11.9 Å². The number of carbonyl (C=O) groups excluding carboxylic acids is 1. The van der Waals surface area contributed by atoms with Crippen LogP contribution in [0.3, 0.4) is 0 Å². The molecule has 0 atom stereocenters. The first-order chi connectivity index (χ1) is 9.29. The molecule has 2 aromatic carbocycles. The molecular weight excluding hydrogens is 238 g/mol. The van der Waals surface area contributed by atoms with Gasteiger partial charge in [-0.25, -0.2) is 0 Å². The maximum Gasteiger partial charge on any atom is 0.251 e. The number of nitrogens with one attached hydrogen (secondary N) is 1. The number of para-hydroxylation sites is 1. The SMILES string of the molecule is C=CCNC(=O)c1cccc(Oc2ccccc2)c1. The van der Waals surface area contributed by atoms with Gasteiger partial charge in [-0.05, 0) is 30.3 Å². The molecule has 0 unspecified atom stereocenters. The molecule has 0 saturated carbocycles. The monoisotopic (exact) mass is 253 g/mol. The summed E-state index contributed by atoms with van der Waals surface area (Å²) in [5, 5.41) is 2.73. The topological polar surface area (TPSA) is 38.3 Å². The average Bonchev–Trinajstić information content (AvgIpc) is 2.46. The molecule has 2 aromatic rings. The Kier molecular flexibility index (Phi) is 4.34. The molecule has 0 fully saturated rings. The van der Waals surface area contributed by atoms with E-state index in [0.717, 1.165) is 5.75 Å². The van der Waals surface area contributed by atoms with Crippen LogP contribution in [-0.4, -0.2) is 12.5 Å². The van der Waals surface area contributed by atoms with Gasteiger partial charge < -0.3 is 10.1 Å². The molecule has 2 rings (SSSR count). The molecule has 0 aliphatic heterocycles.